The first-order valence-corrected chi connectivity index (χ1v) is 7.44. The van der Waals surface area contributed by atoms with E-state index >= 15 is 0 Å². The highest BCUT2D eigenvalue weighted by atomic mass is 16.5. The highest BCUT2D eigenvalue weighted by Gasteiger charge is 2.16. The molecule has 0 unspecified atom stereocenters. The van der Waals surface area contributed by atoms with Gasteiger partial charge in [-0.15, -0.1) is 0 Å². The molecular formula is C17H26N2O2. The lowest BCUT2D eigenvalue weighted by Crippen LogP contribution is -2.12. The first kappa shape index (κ1) is 17.3. The van der Waals surface area contributed by atoms with E-state index in [-0.39, 0.29) is 5.41 Å². The van der Waals surface area contributed by atoms with E-state index in [1.165, 1.54) is 5.56 Å². The molecular weight excluding hydrogens is 264 g/mol. The van der Waals surface area contributed by atoms with Crippen molar-refractivity contribution in [1.82, 2.24) is 5.32 Å². The van der Waals surface area contributed by atoms with Gasteiger partial charge in [-0.2, -0.15) is 5.26 Å². The van der Waals surface area contributed by atoms with Gasteiger partial charge in [0.2, 0.25) is 0 Å². The van der Waals surface area contributed by atoms with Crippen molar-refractivity contribution in [2.75, 3.05) is 20.3 Å². The largest absolute Gasteiger partial charge is 0.493 e. The summed E-state index contributed by atoms with van der Waals surface area (Å²) in [7, 11) is 1.64. The van der Waals surface area contributed by atoms with Crippen molar-refractivity contribution < 1.29 is 9.47 Å². The van der Waals surface area contributed by atoms with Crippen LogP contribution in [0, 0.1) is 16.7 Å². The average Bonchev–Trinajstić information content (AvgIpc) is 2.49. The van der Waals surface area contributed by atoms with E-state index in [9.17, 15) is 0 Å². The average molecular weight is 290 g/mol. The van der Waals surface area contributed by atoms with Crippen molar-refractivity contribution in [3.05, 3.63) is 23.8 Å². The van der Waals surface area contributed by atoms with Gasteiger partial charge in [-0.1, -0.05) is 13.0 Å². The topological polar surface area (TPSA) is 54.3 Å². The minimum absolute atomic E-state index is 0.291. The van der Waals surface area contributed by atoms with Crippen LogP contribution < -0.4 is 14.8 Å². The van der Waals surface area contributed by atoms with Gasteiger partial charge >= 0.3 is 0 Å². The SMILES string of the molecule is CCNCc1ccc(OC)c(OCCCC(C)(C)C#N)c1. The molecule has 0 saturated carbocycles. The Morgan fingerprint density at radius 2 is 2.05 bits per heavy atom. The summed E-state index contributed by atoms with van der Waals surface area (Å²) in [6, 6.07) is 8.28. The molecule has 0 atom stereocenters. The van der Waals surface area contributed by atoms with E-state index in [0.717, 1.165) is 37.4 Å². The minimum atomic E-state index is -0.291. The number of nitrogens with zero attached hydrogens (tertiary/aromatic N) is 1. The molecule has 0 aromatic heterocycles. The molecule has 116 valence electrons. The molecule has 4 heteroatoms. The van der Waals surface area contributed by atoms with Gasteiger partial charge in [-0.25, -0.2) is 0 Å². The van der Waals surface area contributed by atoms with Gasteiger partial charge in [0.05, 0.1) is 25.2 Å². The summed E-state index contributed by atoms with van der Waals surface area (Å²) < 4.78 is 11.2. The van der Waals surface area contributed by atoms with Crippen LogP contribution >= 0.6 is 0 Å². The summed E-state index contributed by atoms with van der Waals surface area (Å²) in [5, 5.41) is 12.3. The minimum Gasteiger partial charge on any atom is -0.493 e. The Labute approximate surface area is 128 Å². The maximum atomic E-state index is 8.99. The van der Waals surface area contributed by atoms with Gasteiger partial charge in [0, 0.05) is 6.54 Å². The van der Waals surface area contributed by atoms with Crippen molar-refractivity contribution in [1.29, 1.82) is 5.26 Å². The van der Waals surface area contributed by atoms with Gasteiger partial charge in [-0.05, 0) is 50.9 Å². The molecule has 0 fully saturated rings. The van der Waals surface area contributed by atoms with Gasteiger partial charge in [-0.3, -0.25) is 0 Å². The van der Waals surface area contributed by atoms with E-state index < -0.39 is 0 Å². The van der Waals surface area contributed by atoms with Crippen LogP contribution in [0.1, 0.15) is 39.2 Å². The normalized spacial score (nSPS) is 11.0. The van der Waals surface area contributed by atoms with Gasteiger partial charge in [0.1, 0.15) is 0 Å². The number of benzene rings is 1. The van der Waals surface area contributed by atoms with Crippen LogP contribution in [0.2, 0.25) is 0 Å². The van der Waals surface area contributed by atoms with Gasteiger partial charge in [0.25, 0.3) is 0 Å². The van der Waals surface area contributed by atoms with Crippen LogP contribution in [0.25, 0.3) is 0 Å². The van der Waals surface area contributed by atoms with Crippen LogP contribution in [-0.2, 0) is 6.54 Å². The molecule has 0 aliphatic rings. The number of ether oxygens (including phenoxy) is 2. The number of hydrogen-bond donors (Lipinski definition) is 1. The standard InChI is InChI=1S/C17H26N2O2/c1-5-19-12-14-7-8-15(20-4)16(11-14)21-10-6-9-17(2,3)13-18/h7-8,11,19H,5-6,9-10,12H2,1-4H3. The summed E-state index contributed by atoms with van der Waals surface area (Å²) in [5.41, 5.74) is 0.880. The Bertz CT molecular complexity index is 478. The summed E-state index contributed by atoms with van der Waals surface area (Å²) in [6.45, 7) is 8.32. The second-order valence-electron chi connectivity index (χ2n) is 5.71. The number of nitriles is 1. The quantitative estimate of drug-likeness (QED) is 0.707. The van der Waals surface area contributed by atoms with Crippen LogP contribution in [-0.4, -0.2) is 20.3 Å². The van der Waals surface area contributed by atoms with Gasteiger partial charge in [0.15, 0.2) is 11.5 Å². The van der Waals surface area contributed by atoms with Crippen molar-refractivity contribution in [3.63, 3.8) is 0 Å². The molecule has 0 aliphatic carbocycles. The van der Waals surface area contributed by atoms with Crippen molar-refractivity contribution in [3.8, 4) is 17.6 Å². The van der Waals surface area contributed by atoms with Crippen LogP contribution in [0.3, 0.4) is 0 Å². The highest BCUT2D eigenvalue weighted by molar-refractivity contribution is 5.42. The Hall–Kier alpha value is -1.73. The Kier molecular flexibility index (Phi) is 7.04. The lowest BCUT2D eigenvalue weighted by Gasteiger charge is -2.16. The predicted octanol–water partition coefficient (Wildman–Crippen LogP) is 3.51. The van der Waals surface area contributed by atoms with E-state index in [1.54, 1.807) is 7.11 Å². The fourth-order valence-electron chi connectivity index (χ4n) is 1.97. The van der Waals surface area contributed by atoms with Crippen LogP contribution in [0.5, 0.6) is 11.5 Å². The Balaban J connectivity index is 2.58. The molecule has 0 bridgehead atoms. The number of hydrogen-bond acceptors (Lipinski definition) is 4. The molecule has 1 N–H and O–H groups in total. The number of rotatable bonds is 9. The molecule has 0 heterocycles. The van der Waals surface area contributed by atoms with E-state index in [4.69, 9.17) is 14.7 Å². The molecule has 1 aromatic carbocycles. The third-order valence-electron chi connectivity index (χ3n) is 3.31. The summed E-state index contributed by atoms with van der Waals surface area (Å²) in [4.78, 5) is 0. The van der Waals surface area contributed by atoms with Crippen molar-refractivity contribution in [2.45, 2.75) is 40.2 Å². The summed E-state index contributed by atoms with van der Waals surface area (Å²) >= 11 is 0. The second-order valence-corrected chi connectivity index (χ2v) is 5.71. The first-order valence-electron chi connectivity index (χ1n) is 7.44. The molecule has 21 heavy (non-hydrogen) atoms. The lowest BCUT2D eigenvalue weighted by atomic mass is 9.90. The first-order chi connectivity index (χ1) is 10.0. The van der Waals surface area contributed by atoms with Gasteiger partial charge < -0.3 is 14.8 Å². The molecule has 0 radical (unpaired) electrons. The Morgan fingerprint density at radius 3 is 2.67 bits per heavy atom. The molecule has 1 aromatic rings. The summed E-state index contributed by atoms with van der Waals surface area (Å²) in [5.74, 6) is 1.51. The molecule has 0 saturated heterocycles. The third-order valence-corrected chi connectivity index (χ3v) is 3.31. The zero-order valence-corrected chi connectivity index (χ0v) is 13.5. The van der Waals surface area contributed by atoms with E-state index in [0.29, 0.717) is 6.61 Å². The second kappa shape index (κ2) is 8.53. The van der Waals surface area contributed by atoms with E-state index in [1.807, 2.05) is 32.0 Å². The zero-order chi connectivity index (χ0) is 15.7. The smallest absolute Gasteiger partial charge is 0.161 e. The number of nitrogens with one attached hydrogen (secondary N) is 1. The zero-order valence-electron chi connectivity index (χ0n) is 13.5. The number of methoxy groups -OCH3 is 1. The fourth-order valence-corrected chi connectivity index (χ4v) is 1.97. The van der Waals surface area contributed by atoms with Crippen LogP contribution in [0.4, 0.5) is 0 Å². The maximum absolute atomic E-state index is 8.99. The lowest BCUT2D eigenvalue weighted by molar-refractivity contribution is 0.269. The highest BCUT2D eigenvalue weighted by Crippen LogP contribution is 2.29. The molecule has 0 amide bonds. The van der Waals surface area contributed by atoms with Crippen LogP contribution in [0.15, 0.2) is 18.2 Å². The summed E-state index contributed by atoms with van der Waals surface area (Å²) in [6.07, 6.45) is 1.67. The van der Waals surface area contributed by atoms with Crippen molar-refractivity contribution in [2.24, 2.45) is 5.41 Å². The molecule has 0 spiro atoms. The fraction of sp³-hybridized carbons (Fsp3) is 0.588. The molecule has 1 rings (SSSR count). The predicted molar refractivity (Wildman–Crippen MR) is 84.5 cm³/mol. The Morgan fingerprint density at radius 1 is 1.29 bits per heavy atom. The van der Waals surface area contributed by atoms with E-state index in [2.05, 4.69) is 18.3 Å². The molecule has 4 nitrogen and oxygen atoms in total. The third kappa shape index (κ3) is 6.05. The maximum Gasteiger partial charge on any atom is 0.161 e. The monoisotopic (exact) mass is 290 g/mol. The van der Waals surface area contributed by atoms with Crippen molar-refractivity contribution >= 4 is 0 Å². The molecule has 0 aliphatic heterocycles.